The summed E-state index contributed by atoms with van der Waals surface area (Å²) < 4.78 is 5.23. The molecule has 0 bridgehead atoms. The Bertz CT molecular complexity index is 219. The quantitative estimate of drug-likeness (QED) is 0.746. The molecule has 2 heterocycles. The largest absolute Gasteiger partial charge is 0.381 e. The molecule has 2 aliphatic rings. The van der Waals surface area contributed by atoms with Gasteiger partial charge in [-0.05, 0) is 19.9 Å². The van der Waals surface area contributed by atoms with Gasteiger partial charge in [0.15, 0.2) is 0 Å². The summed E-state index contributed by atoms with van der Waals surface area (Å²) >= 11 is 0. The third kappa shape index (κ3) is 2.83. The Kier molecular flexibility index (Phi) is 4.83. The molecule has 2 aliphatic heterocycles. The molecule has 1 N–H and O–H groups in total. The number of likely N-dealkylation sites (tertiary alicyclic amines) is 1. The second kappa shape index (κ2) is 5.68. The van der Waals surface area contributed by atoms with Crippen LogP contribution in [0.25, 0.3) is 0 Å². The lowest BCUT2D eigenvalue weighted by atomic mass is 10.1. The van der Waals surface area contributed by atoms with Gasteiger partial charge in [0.05, 0.1) is 12.5 Å². The van der Waals surface area contributed by atoms with Crippen molar-refractivity contribution in [2.75, 3.05) is 33.4 Å². The fraction of sp³-hybridized carbons (Fsp3) is 0.900. The zero-order chi connectivity index (χ0) is 9.97. The van der Waals surface area contributed by atoms with Gasteiger partial charge < -0.3 is 15.0 Å². The number of nitrogens with one attached hydrogen (secondary N) is 1. The average molecular weight is 235 g/mol. The number of carbonyl (C=O) groups excluding carboxylic acids is 1. The molecular weight excluding hydrogens is 216 g/mol. The number of likely N-dealkylation sites (N-methyl/N-ethyl adjacent to an activating group) is 1. The van der Waals surface area contributed by atoms with Crippen molar-refractivity contribution in [3.63, 3.8) is 0 Å². The van der Waals surface area contributed by atoms with Crippen LogP contribution in [0.2, 0.25) is 0 Å². The maximum atomic E-state index is 11.9. The summed E-state index contributed by atoms with van der Waals surface area (Å²) in [5.41, 5.74) is 0. The van der Waals surface area contributed by atoms with Crippen LogP contribution in [0.15, 0.2) is 0 Å². The van der Waals surface area contributed by atoms with Crippen molar-refractivity contribution < 1.29 is 9.53 Å². The summed E-state index contributed by atoms with van der Waals surface area (Å²) in [5.74, 6) is 0.422. The average Bonchev–Trinajstić information content (AvgIpc) is 2.88. The molecule has 15 heavy (non-hydrogen) atoms. The summed E-state index contributed by atoms with van der Waals surface area (Å²) in [6.07, 6.45) is 1.98. The molecule has 2 rings (SSSR count). The number of hydrogen-bond acceptors (Lipinski definition) is 3. The Morgan fingerprint density at radius 3 is 2.80 bits per heavy atom. The van der Waals surface area contributed by atoms with Crippen molar-refractivity contribution in [2.45, 2.75) is 18.9 Å². The predicted octanol–water partition coefficient (Wildman–Crippen LogP) is 0.265. The van der Waals surface area contributed by atoms with Crippen LogP contribution in [0.3, 0.4) is 0 Å². The van der Waals surface area contributed by atoms with Crippen molar-refractivity contribution in [1.82, 2.24) is 10.2 Å². The fourth-order valence-corrected chi connectivity index (χ4v) is 2.18. The maximum Gasteiger partial charge on any atom is 0.228 e. The van der Waals surface area contributed by atoms with Crippen LogP contribution < -0.4 is 5.32 Å². The lowest BCUT2D eigenvalue weighted by Crippen LogP contribution is -2.37. The normalized spacial score (nSPS) is 30.3. The van der Waals surface area contributed by atoms with Gasteiger partial charge in [0.25, 0.3) is 0 Å². The fourth-order valence-electron chi connectivity index (χ4n) is 2.18. The molecule has 0 aliphatic carbocycles. The molecule has 0 aromatic rings. The topological polar surface area (TPSA) is 41.6 Å². The van der Waals surface area contributed by atoms with Crippen LogP contribution in [0.4, 0.5) is 0 Å². The number of halogens is 1. The molecular formula is C10H19ClN2O2. The van der Waals surface area contributed by atoms with E-state index in [9.17, 15) is 4.79 Å². The SMILES string of the molecule is CN[C@@H]1CCN(C(=O)C2CCOC2)C1.Cl. The first-order valence-electron chi connectivity index (χ1n) is 5.35. The molecule has 2 saturated heterocycles. The van der Waals surface area contributed by atoms with Crippen LogP contribution in [0.5, 0.6) is 0 Å². The van der Waals surface area contributed by atoms with Crippen molar-refractivity contribution in [3.8, 4) is 0 Å². The molecule has 0 spiro atoms. The van der Waals surface area contributed by atoms with Gasteiger partial charge in [0, 0.05) is 25.7 Å². The van der Waals surface area contributed by atoms with Gasteiger partial charge in [-0.15, -0.1) is 12.4 Å². The van der Waals surface area contributed by atoms with Gasteiger partial charge in [0.2, 0.25) is 5.91 Å². The van der Waals surface area contributed by atoms with Crippen molar-refractivity contribution in [3.05, 3.63) is 0 Å². The van der Waals surface area contributed by atoms with Gasteiger partial charge in [-0.3, -0.25) is 4.79 Å². The van der Waals surface area contributed by atoms with Crippen molar-refractivity contribution >= 4 is 18.3 Å². The Balaban J connectivity index is 0.00000112. The highest BCUT2D eigenvalue weighted by Gasteiger charge is 2.32. The van der Waals surface area contributed by atoms with E-state index in [4.69, 9.17) is 4.74 Å². The standard InChI is InChI=1S/C10H18N2O2.ClH/c1-11-9-2-4-12(6-9)10(13)8-3-5-14-7-8;/h8-9,11H,2-7H2,1H3;1H/t8?,9-;/m1./s1. The molecule has 1 unspecified atom stereocenters. The van der Waals surface area contributed by atoms with E-state index >= 15 is 0 Å². The molecule has 0 saturated carbocycles. The number of hydrogen-bond donors (Lipinski definition) is 1. The highest BCUT2D eigenvalue weighted by Crippen LogP contribution is 2.18. The van der Waals surface area contributed by atoms with Gasteiger partial charge in [-0.1, -0.05) is 0 Å². The third-order valence-corrected chi connectivity index (χ3v) is 3.19. The monoisotopic (exact) mass is 234 g/mol. The number of ether oxygens (including phenoxy) is 1. The van der Waals surface area contributed by atoms with E-state index < -0.39 is 0 Å². The first-order chi connectivity index (χ1) is 6.81. The second-order valence-corrected chi connectivity index (χ2v) is 4.12. The highest BCUT2D eigenvalue weighted by molar-refractivity contribution is 5.85. The molecule has 0 aromatic heterocycles. The molecule has 88 valence electrons. The summed E-state index contributed by atoms with van der Waals surface area (Å²) in [6, 6.07) is 0.487. The molecule has 4 nitrogen and oxygen atoms in total. The molecule has 2 fully saturated rings. The van der Waals surface area contributed by atoms with Gasteiger partial charge in [-0.2, -0.15) is 0 Å². The van der Waals surface area contributed by atoms with Crippen LogP contribution in [-0.4, -0.2) is 50.2 Å². The number of carbonyl (C=O) groups is 1. The number of nitrogens with zero attached hydrogens (tertiary/aromatic N) is 1. The lowest BCUT2D eigenvalue weighted by molar-refractivity contribution is -0.134. The van der Waals surface area contributed by atoms with Crippen LogP contribution in [0.1, 0.15) is 12.8 Å². The van der Waals surface area contributed by atoms with Crippen LogP contribution >= 0.6 is 12.4 Å². The summed E-state index contributed by atoms with van der Waals surface area (Å²) in [7, 11) is 1.96. The van der Waals surface area contributed by atoms with Gasteiger partial charge in [0.1, 0.15) is 0 Å². The zero-order valence-electron chi connectivity index (χ0n) is 9.07. The first kappa shape index (κ1) is 12.7. The zero-order valence-corrected chi connectivity index (χ0v) is 9.89. The van der Waals surface area contributed by atoms with Gasteiger partial charge in [-0.25, -0.2) is 0 Å². The summed E-state index contributed by atoms with van der Waals surface area (Å²) in [4.78, 5) is 13.9. The van der Waals surface area contributed by atoms with E-state index in [1.807, 2.05) is 11.9 Å². The van der Waals surface area contributed by atoms with Crippen molar-refractivity contribution in [1.29, 1.82) is 0 Å². The smallest absolute Gasteiger partial charge is 0.228 e. The van der Waals surface area contributed by atoms with E-state index in [1.165, 1.54) is 0 Å². The second-order valence-electron chi connectivity index (χ2n) is 4.12. The molecule has 2 atom stereocenters. The maximum absolute atomic E-state index is 11.9. The van der Waals surface area contributed by atoms with E-state index in [2.05, 4.69) is 5.32 Å². The lowest BCUT2D eigenvalue weighted by Gasteiger charge is -2.19. The van der Waals surface area contributed by atoms with Gasteiger partial charge >= 0.3 is 0 Å². The van der Waals surface area contributed by atoms with Crippen LogP contribution in [0, 0.1) is 5.92 Å². The van der Waals surface area contributed by atoms with Crippen molar-refractivity contribution in [2.24, 2.45) is 5.92 Å². The Labute approximate surface area is 96.7 Å². The minimum absolute atomic E-state index is 0. The predicted molar refractivity (Wildman–Crippen MR) is 60.2 cm³/mol. The molecule has 0 radical (unpaired) electrons. The molecule has 1 amide bonds. The Hall–Kier alpha value is -0.320. The van der Waals surface area contributed by atoms with E-state index in [0.717, 1.165) is 32.5 Å². The summed E-state index contributed by atoms with van der Waals surface area (Å²) in [6.45, 7) is 3.14. The first-order valence-corrected chi connectivity index (χ1v) is 5.35. The third-order valence-electron chi connectivity index (χ3n) is 3.19. The van der Waals surface area contributed by atoms with E-state index in [1.54, 1.807) is 0 Å². The highest BCUT2D eigenvalue weighted by atomic mass is 35.5. The molecule has 5 heteroatoms. The minimum Gasteiger partial charge on any atom is -0.381 e. The van der Waals surface area contributed by atoms with Crippen LogP contribution in [-0.2, 0) is 9.53 Å². The molecule has 0 aromatic carbocycles. The number of rotatable bonds is 2. The van der Waals surface area contributed by atoms with E-state index in [-0.39, 0.29) is 18.3 Å². The number of amides is 1. The minimum atomic E-state index is 0. The van der Waals surface area contributed by atoms with E-state index in [0.29, 0.717) is 18.6 Å². The Morgan fingerprint density at radius 2 is 2.27 bits per heavy atom. The Morgan fingerprint density at radius 1 is 1.47 bits per heavy atom. The summed E-state index contributed by atoms with van der Waals surface area (Å²) in [5, 5.41) is 3.21.